The molecule has 1 N–H and O–H groups in total. The van der Waals surface area contributed by atoms with Gasteiger partial charge in [0.1, 0.15) is 11.6 Å². The van der Waals surface area contributed by atoms with Crippen molar-refractivity contribution < 1.29 is 4.79 Å². The molecule has 0 bridgehead atoms. The number of nitrogens with one attached hydrogen (secondary N) is 1. The Labute approximate surface area is 126 Å². The van der Waals surface area contributed by atoms with Crippen LogP contribution in [0.3, 0.4) is 0 Å². The Morgan fingerprint density at radius 2 is 2.24 bits per heavy atom. The zero-order valence-electron chi connectivity index (χ0n) is 12.8. The SMILES string of the molecule is CC(C)CNC(=O)/C(C#N)=C\N1c2ccccc2CC1C. The zero-order valence-corrected chi connectivity index (χ0v) is 12.8. The topological polar surface area (TPSA) is 56.1 Å². The van der Waals surface area contributed by atoms with Crippen LogP contribution in [0.2, 0.25) is 0 Å². The van der Waals surface area contributed by atoms with Gasteiger partial charge in [-0.1, -0.05) is 32.0 Å². The number of fused-ring (bicyclic) bond motifs is 1. The largest absolute Gasteiger partial charge is 0.351 e. The van der Waals surface area contributed by atoms with Crippen LogP contribution in [0.25, 0.3) is 0 Å². The van der Waals surface area contributed by atoms with Gasteiger partial charge >= 0.3 is 0 Å². The smallest absolute Gasteiger partial charge is 0.263 e. The first kappa shape index (κ1) is 15.1. The van der Waals surface area contributed by atoms with Crippen LogP contribution in [0.15, 0.2) is 36.0 Å². The summed E-state index contributed by atoms with van der Waals surface area (Å²) in [7, 11) is 0. The number of benzene rings is 1. The van der Waals surface area contributed by atoms with Crippen LogP contribution in [-0.4, -0.2) is 18.5 Å². The summed E-state index contributed by atoms with van der Waals surface area (Å²) in [6, 6.07) is 10.4. The maximum atomic E-state index is 12.1. The highest BCUT2D eigenvalue weighted by Gasteiger charge is 2.25. The molecule has 1 aliphatic heterocycles. The molecule has 1 aromatic carbocycles. The van der Waals surface area contributed by atoms with E-state index < -0.39 is 0 Å². The van der Waals surface area contributed by atoms with E-state index in [1.54, 1.807) is 6.20 Å². The molecule has 1 aromatic rings. The molecule has 21 heavy (non-hydrogen) atoms. The first-order valence-corrected chi connectivity index (χ1v) is 7.29. The Hall–Kier alpha value is -2.28. The third kappa shape index (κ3) is 3.43. The van der Waals surface area contributed by atoms with Crippen molar-refractivity contribution in [1.82, 2.24) is 5.32 Å². The molecule has 4 nitrogen and oxygen atoms in total. The van der Waals surface area contributed by atoms with Crippen LogP contribution in [0.1, 0.15) is 26.3 Å². The molecule has 1 heterocycles. The lowest BCUT2D eigenvalue weighted by Gasteiger charge is -2.20. The predicted molar refractivity (Wildman–Crippen MR) is 83.6 cm³/mol. The van der Waals surface area contributed by atoms with E-state index in [2.05, 4.69) is 18.3 Å². The van der Waals surface area contributed by atoms with E-state index in [1.807, 2.05) is 43.0 Å². The van der Waals surface area contributed by atoms with Gasteiger partial charge in [0.2, 0.25) is 0 Å². The molecule has 110 valence electrons. The van der Waals surface area contributed by atoms with Gasteiger partial charge in [-0.3, -0.25) is 4.79 Å². The first-order chi connectivity index (χ1) is 10.0. The van der Waals surface area contributed by atoms with Gasteiger partial charge in [0.05, 0.1) is 0 Å². The van der Waals surface area contributed by atoms with Gasteiger partial charge in [-0.15, -0.1) is 0 Å². The number of anilines is 1. The molecular formula is C17H21N3O. The lowest BCUT2D eigenvalue weighted by Crippen LogP contribution is -2.31. The molecule has 0 spiro atoms. The van der Waals surface area contributed by atoms with Gasteiger partial charge in [0.25, 0.3) is 5.91 Å². The van der Waals surface area contributed by atoms with E-state index in [0.29, 0.717) is 12.5 Å². The molecule has 0 aliphatic carbocycles. The Balaban J connectivity index is 2.21. The van der Waals surface area contributed by atoms with E-state index in [1.165, 1.54) is 5.56 Å². The second-order valence-corrected chi connectivity index (χ2v) is 5.85. The monoisotopic (exact) mass is 283 g/mol. The van der Waals surface area contributed by atoms with Gasteiger partial charge in [0, 0.05) is 24.5 Å². The van der Waals surface area contributed by atoms with Crippen LogP contribution in [0.5, 0.6) is 0 Å². The molecular weight excluding hydrogens is 262 g/mol. The third-order valence-electron chi connectivity index (χ3n) is 3.56. The van der Waals surface area contributed by atoms with Gasteiger partial charge in [-0.2, -0.15) is 5.26 Å². The average molecular weight is 283 g/mol. The van der Waals surface area contributed by atoms with Gasteiger partial charge in [0.15, 0.2) is 0 Å². The summed E-state index contributed by atoms with van der Waals surface area (Å²) in [5, 5.41) is 12.0. The van der Waals surface area contributed by atoms with E-state index >= 15 is 0 Å². The Kier molecular flexibility index (Phi) is 4.64. The summed E-state index contributed by atoms with van der Waals surface area (Å²) < 4.78 is 0. The van der Waals surface area contributed by atoms with Crippen LogP contribution in [0.4, 0.5) is 5.69 Å². The van der Waals surface area contributed by atoms with Crippen molar-refractivity contribution in [2.45, 2.75) is 33.2 Å². The molecule has 0 saturated heterocycles. The quantitative estimate of drug-likeness (QED) is 0.682. The standard InChI is InChI=1S/C17H21N3O/c1-12(2)10-19-17(21)15(9-18)11-20-13(3)8-14-6-4-5-7-16(14)20/h4-7,11-13H,8,10H2,1-3H3,(H,19,21)/b15-11-. The number of rotatable bonds is 4. The summed E-state index contributed by atoms with van der Waals surface area (Å²) >= 11 is 0. The summed E-state index contributed by atoms with van der Waals surface area (Å²) in [5.74, 6) is 0.0584. The number of nitriles is 1. The number of para-hydroxylation sites is 1. The fraction of sp³-hybridized carbons (Fsp3) is 0.412. The van der Waals surface area contributed by atoms with Crippen molar-refractivity contribution in [3.05, 3.63) is 41.6 Å². The van der Waals surface area contributed by atoms with Gasteiger partial charge in [-0.05, 0) is 30.9 Å². The molecule has 0 aromatic heterocycles. The molecule has 4 heteroatoms. The Bertz CT molecular complexity index is 598. The van der Waals surface area contributed by atoms with E-state index in [0.717, 1.165) is 12.1 Å². The van der Waals surface area contributed by atoms with Crippen LogP contribution in [-0.2, 0) is 11.2 Å². The maximum Gasteiger partial charge on any atom is 0.263 e. The molecule has 1 atom stereocenters. The molecule has 0 fully saturated rings. The first-order valence-electron chi connectivity index (χ1n) is 7.29. The number of hydrogen-bond donors (Lipinski definition) is 1. The van der Waals surface area contributed by atoms with Crippen LogP contribution in [0, 0.1) is 17.2 Å². The predicted octanol–water partition coefficient (Wildman–Crippen LogP) is 2.62. The molecule has 0 saturated carbocycles. The highest BCUT2D eigenvalue weighted by atomic mass is 16.1. The minimum absolute atomic E-state index is 0.152. The van der Waals surface area contributed by atoms with Crippen molar-refractivity contribution in [3.8, 4) is 6.07 Å². The highest BCUT2D eigenvalue weighted by molar-refractivity contribution is 5.97. The lowest BCUT2D eigenvalue weighted by atomic mass is 10.1. The van der Waals surface area contributed by atoms with Crippen LogP contribution < -0.4 is 10.2 Å². The van der Waals surface area contributed by atoms with Crippen molar-refractivity contribution in [1.29, 1.82) is 5.26 Å². The minimum Gasteiger partial charge on any atom is -0.351 e. The second kappa shape index (κ2) is 6.45. The molecule has 1 aliphatic rings. The van der Waals surface area contributed by atoms with E-state index in [4.69, 9.17) is 0 Å². The van der Waals surface area contributed by atoms with Crippen molar-refractivity contribution in [3.63, 3.8) is 0 Å². The average Bonchev–Trinajstić information content (AvgIpc) is 2.77. The molecule has 1 amide bonds. The fourth-order valence-corrected chi connectivity index (χ4v) is 2.46. The van der Waals surface area contributed by atoms with Gasteiger partial charge in [-0.25, -0.2) is 0 Å². The maximum absolute atomic E-state index is 12.1. The summed E-state index contributed by atoms with van der Waals surface area (Å²) in [4.78, 5) is 14.1. The van der Waals surface area contributed by atoms with Crippen molar-refractivity contribution in [2.75, 3.05) is 11.4 Å². The third-order valence-corrected chi connectivity index (χ3v) is 3.56. The fourth-order valence-electron chi connectivity index (χ4n) is 2.46. The number of carbonyl (C=O) groups is 1. The molecule has 2 rings (SSSR count). The van der Waals surface area contributed by atoms with Crippen molar-refractivity contribution >= 4 is 11.6 Å². The van der Waals surface area contributed by atoms with Crippen molar-refractivity contribution in [2.24, 2.45) is 5.92 Å². The van der Waals surface area contributed by atoms with E-state index in [9.17, 15) is 10.1 Å². The highest BCUT2D eigenvalue weighted by Crippen LogP contribution is 2.32. The van der Waals surface area contributed by atoms with Crippen LogP contribution >= 0.6 is 0 Å². The zero-order chi connectivity index (χ0) is 15.4. The minimum atomic E-state index is -0.303. The normalized spacial score (nSPS) is 17.6. The van der Waals surface area contributed by atoms with Gasteiger partial charge < -0.3 is 10.2 Å². The Morgan fingerprint density at radius 1 is 1.52 bits per heavy atom. The number of amides is 1. The second-order valence-electron chi connectivity index (χ2n) is 5.85. The summed E-state index contributed by atoms with van der Waals surface area (Å²) in [6.07, 6.45) is 2.60. The number of hydrogen-bond acceptors (Lipinski definition) is 3. The summed E-state index contributed by atoms with van der Waals surface area (Å²) in [6.45, 7) is 6.71. The number of nitrogens with zero attached hydrogens (tertiary/aromatic N) is 2. The summed E-state index contributed by atoms with van der Waals surface area (Å²) in [5.41, 5.74) is 2.48. The number of carbonyl (C=O) groups excluding carboxylic acids is 1. The molecule has 1 unspecified atom stereocenters. The lowest BCUT2D eigenvalue weighted by molar-refractivity contribution is -0.117. The van der Waals surface area contributed by atoms with E-state index in [-0.39, 0.29) is 17.5 Å². The Morgan fingerprint density at radius 3 is 2.90 bits per heavy atom. The molecule has 0 radical (unpaired) electrons.